The fraction of sp³-hybridized carbons (Fsp3) is 0.833. The Morgan fingerprint density at radius 3 is 1.56 bits per heavy atom. The number of hydrogen-bond donors (Lipinski definition) is 6. The van der Waals surface area contributed by atoms with E-state index in [1.807, 2.05) is 20.8 Å². The van der Waals surface area contributed by atoms with Crippen molar-refractivity contribution >= 4 is 35.7 Å². The van der Waals surface area contributed by atoms with Crippen LogP contribution in [-0.4, -0.2) is 193 Å². The standard InChI is InChI=1S/C36H66N6O12/c1-8-36(6,26-53-7)23-37-29(44)19-34(2,3)24-54-25-35(4,5)38-28(43)10-9-27(33(51)52)42-17-15-40(21-31(47)48)13-11-39(20-30(45)46)12-14-41(16-18-42)22-32(49)50/h27H,8-26H2,1-7H3,(H,37,44)(H,38,43)(H,45,46)(H,47,48)(H,49,50)(H,51,52). The van der Waals surface area contributed by atoms with Gasteiger partial charge >= 0.3 is 23.9 Å². The number of carboxylic acid groups (broad SMARTS) is 4. The molecule has 1 aliphatic heterocycles. The first-order valence-corrected chi connectivity index (χ1v) is 18.5. The number of ether oxygens (including phenoxy) is 2. The smallest absolute Gasteiger partial charge is 0.320 e. The number of methoxy groups -OCH3 is 1. The van der Waals surface area contributed by atoms with Crippen LogP contribution in [-0.2, 0) is 38.2 Å². The van der Waals surface area contributed by atoms with Crippen LogP contribution in [0.1, 0.15) is 67.2 Å². The number of amides is 2. The molecule has 0 aromatic rings. The van der Waals surface area contributed by atoms with Gasteiger partial charge in [-0.3, -0.25) is 48.4 Å². The van der Waals surface area contributed by atoms with Crippen molar-refractivity contribution in [2.24, 2.45) is 10.8 Å². The van der Waals surface area contributed by atoms with E-state index in [4.69, 9.17) is 9.47 Å². The van der Waals surface area contributed by atoms with Gasteiger partial charge in [0, 0.05) is 84.3 Å². The van der Waals surface area contributed by atoms with Crippen LogP contribution in [0.25, 0.3) is 0 Å². The van der Waals surface area contributed by atoms with Crippen molar-refractivity contribution in [2.45, 2.75) is 78.8 Å². The van der Waals surface area contributed by atoms with Gasteiger partial charge in [-0.05, 0) is 32.1 Å². The average Bonchev–Trinajstić information content (AvgIpc) is 3.03. The second kappa shape index (κ2) is 23.5. The normalized spacial score (nSPS) is 18.1. The Morgan fingerprint density at radius 2 is 1.15 bits per heavy atom. The Labute approximate surface area is 319 Å². The topological polar surface area (TPSA) is 239 Å². The van der Waals surface area contributed by atoms with E-state index < -0.39 is 46.8 Å². The van der Waals surface area contributed by atoms with Crippen LogP contribution in [0, 0.1) is 10.8 Å². The number of carbonyl (C=O) groups is 6. The molecule has 1 fully saturated rings. The Morgan fingerprint density at radius 1 is 0.685 bits per heavy atom. The molecule has 1 saturated heterocycles. The van der Waals surface area contributed by atoms with Crippen LogP contribution in [0.15, 0.2) is 0 Å². The Hall–Kier alpha value is -3.42. The number of nitrogens with one attached hydrogen (secondary N) is 2. The highest BCUT2D eigenvalue weighted by atomic mass is 16.5. The number of carbonyl (C=O) groups excluding carboxylic acids is 2. The van der Waals surface area contributed by atoms with Crippen LogP contribution < -0.4 is 10.6 Å². The lowest BCUT2D eigenvalue weighted by molar-refractivity contribution is -0.145. The van der Waals surface area contributed by atoms with E-state index >= 15 is 0 Å². The molecule has 0 aromatic heterocycles. The van der Waals surface area contributed by atoms with Gasteiger partial charge in [0.1, 0.15) is 6.04 Å². The fourth-order valence-electron chi connectivity index (χ4n) is 6.19. The molecule has 54 heavy (non-hydrogen) atoms. The van der Waals surface area contributed by atoms with Crippen LogP contribution in [0.3, 0.4) is 0 Å². The van der Waals surface area contributed by atoms with Gasteiger partial charge in [-0.15, -0.1) is 0 Å². The maximum absolute atomic E-state index is 13.1. The van der Waals surface area contributed by atoms with Crippen molar-refractivity contribution in [1.29, 1.82) is 0 Å². The van der Waals surface area contributed by atoms with Crippen LogP contribution >= 0.6 is 0 Å². The minimum Gasteiger partial charge on any atom is -0.480 e. The van der Waals surface area contributed by atoms with Crippen molar-refractivity contribution in [1.82, 2.24) is 30.2 Å². The third-order valence-corrected chi connectivity index (χ3v) is 9.45. The van der Waals surface area contributed by atoms with Gasteiger partial charge in [0.2, 0.25) is 11.8 Å². The van der Waals surface area contributed by atoms with Crippen LogP contribution in [0.5, 0.6) is 0 Å². The van der Waals surface area contributed by atoms with E-state index in [0.29, 0.717) is 13.2 Å². The van der Waals surface area contributed by atoms with E-state index in [0.717, 1.165) is 6.42 Å². The molecule has 18 nitrogen and oxygen atoms in total. The largest absolute Gasteiger partial charge is 0.480 e. The summed E-state index contributed by atoms with van der Waals surface area (Å²) >= 11 is 0. The molecule has 0 bridgehead atoms. The average molecular weight is 775 g/mol. The minimum absolute atomic E-state index is 0.0635. The molecular formula is C36H66N6O12. The first-order chi connectivity index (χ1) is 25.1. The number of aliphatic carboxylic acids is 4. The van der Waals surface area contributed by atoms with Crippen molar-refractivity contribution in [2.75, 3.05) is 105 Å². The highest BCUT2D eigenvalue weighted by molar-refractivity contribution is 5.79. The zero-order valence-corrected chi connectivity index (χ0v) is 33.4. The predicted molar refractivity (Wildman–Crippen MR) is 199 cm³/mol. The third-order valence-electron chi connectivity index (χ3n) is 9.45. The zero-order valence-electron chi connectivity index (χ0n) is 33.4. The highest BCUT2D eigenvalue weighted by Gasteiger charge is 2.31. The summed E-state index contributed by atoms with van der Waals surface area (Å²) in [7, 11) is 1.64. The lowest BCUT2D eigenvalue weighted by Gasteiger charge is -2.35. The first-order valence-electron chi connectivity index (χ1n) is 18.5. The lowest BCUT2D eigenvalue weighted by Crippen LogP contribution is -2.52. The van der Waals surface area contributed by atoms with Gasteiger partial charge in [0.25, 0.3) is 0 Å². The molecule has 18 heteroatoms. The summed E-state index contributed by atoms with van der Waals surface area (Å²) in [6, 6.07) is -1.13. The van der Waals surface area contributed by atoms with Gasteiger partial charge in [-0.1, -0.05) is 27.7 Å². The molecule has 1 heterocycles. The van der Waals surface area contributed by atoms with E-state index in [2.05, 4.69) is 17.6 Å². The van der Waals surface area contributed by atoms with E-state index in [-0.39, 0.29) is 116 Å². The fourth-order valence-corrected chi connectivity index (χ4v) is 6.19. The molecular weight excluding hydrogens is 708 g/mol. The van der Waals surface area contributed by atoms with Gasteiger partial charge in [-0.25, -0.2) is 0 Å². The molecule has 0 aliphatic carbocycles. The minimum atomic E-state index is -1.18. The molecule has 1 aliphatic rings. The van der Waals surface area contributed by atoms with Gasteiger partial charge in [-0.2, -0.15) is 0 Å². The number of carboxylic acids is 4. The molecule has 6 N–H and O–H groups in total. The van der Waals surface area contributed by atoms with Crippen molar-refractivity contribution in [3.63, 3.8) is 0 Å². The first kappa shape index (κ1) is 48.6. The number of nitrogens with zero attached hydrogens (tertiary/aromatic N) is 4. The highest BCUT2D eigenvalue weighted by Crippen LogP contribution is 2.23. The second-order valence-electron chi connectivity index (χ2n) is 16.1. The quantitative estimate of drug-likeness (QED) is 0.0813. The summed E-state index contributed by atoms with van der Waals surface area (Å²) < 4.78 is 11.2. The molecule has 312 valence electrons. The van der Waals surface area contributed by atoms with Crippen molar-refractivity contribution in [3.05, 3.63) is 0 Å². The van der Waals surface area contributed by atoms with Crippen LogP contribution in [0.2, 0.25) is 0 Å². The molecule has 0 radical (unpaired) electrons. The Balaban J connectivity index is 2.89. The Kier molecular flexibility index (Phi) is 21.1. The maximum atomic E-state index is 13.1. The third kappa shape index (κ3) is 20.9. The van der Waals surface area contributed by atoms with Crippen molar-refractivity contribution < 1.29 is 58.7 Å². The molecule has 2 amide bonds. The maximum Gasteiger partial charge on any atom is 0.320 e. The summed E-state index contributed by atoms with van der Waals surface area (Å²) in [5.41, 5.74) is -1.46. The molecule has 1 rings (SSSR count). The van der Waals surface area contributed by atoms with E-state index in [1.54, 1.807) is 40.6 Å². The SMILES string of the molecule is CCC(C)(CNC(=O)CC(C)(C)COCC(C)(C)NC(=O)CCC(C(=O)O)N1CCN(CC(=O)O)CCN(CC(=O)O)CCN(CC(=O)O)CC1)COC. The van der Waals surface area contributed by atoms with E-state index in [9.17, 15) is 49.2 Å². The van der Waals surface area contributed by atoms with Gasteiger partial charge in [0.05, 0.1) is 45.0 Å². The molecule has 0 aromatic carbocycles. The van der Waals surface area contributed by atoms with Gasteiger partial charge < -0.3 is 40.5 Å². The monoisotopic (exact) mass is 774 g/mol. The lowest BCUT2D eigenvalue weighted by atomic mass is 9.87. The van der Waals surface area contributed by atoms with E-state index in [1.165, 1.54) is 0 Å². The summed E-state index contributed by atoms with van der Waals surface area (Å²) in [4.78, 5) is 79.5. The zero-order chi connectivity index (χ0) is 41.1. The predicted octanol–water partition coefficient (Wildman–Crippen LogP) is 0.202. The molecule has 2 unspecified atom stereocenters. The summed E-state index contributed by atoms with van der Waals surface area (Å²) in [5.74, 6) is -4.91. The summed E-state index contributed by atoms with van der Waals surface area (Å²) in [6.07, 6.45) is 0.892. The second-order valence-corrected chi connectivity index (χ2v) is 16.1. The van der Waals surface area contributed by atoms with Crippen molar-refractivity contribution in [3.8, 4) is 0 Å². The molecule has 2 atom stereocenters. The molecule has 0 spiro atoms. The number of hydrogen-bond acceptors (Lipinski definition) is 12. The van der Waals surface area contributed by atoms with Crippen LogP contribution in [0.4, 0.5) is 0 Å². The molecule has 0 saturated carbocycles. The van der Waals surface area contributed by atoms with Gasteiger partial charge in [0.15, 0.2) is 0 Å². The number of rotatable bonds is 23. The summed E-state index contributed by atoms with van der Waals surface area (Å²) in [6.45, 7) is 13.3. The summed E-state index contributed by atoms with van der Waals surface area (Å²) in [5, 5.41) is 44.5. The Bertz CT molecular complexity index is 1200.